The Morgan fingerprint density at radius 3 is 2.81 bits per heavy atom. The summed E-state index contributed by atoms with van der Waals surface area (Å²) in [6.45, 7) is 6.76. The summed E-state index contributed by atoms with van der Waals surface area (Å²) in [5, 5.41) is 7.71. The number of nitrogens with one attached hydrogen (secondary N) is 1. The van der Waals surface area contributed by atoms with Crippen molar-refractivity contribution in [3.8, 4) is 0 Å². The van der Waals surface area contributed by atoms with Gasteiger partial charge < -0.3 is 10.2 Å². The van der Waals surface area contributed by atoms with Gasteiger partial charge in [-0.1, -0.05) is 0 Å². The van der Waals surface area contributed by atoms with Crippen molar-refractivity contribution in [2.75, 3.05) is 26.2 Å². The first-order valence-electron chi connectivity index (χ1n) is 8.29. The summed E-state index contributed by atoms with van der Waals surface area (Å²) >= 11 is 0. The van der Waals surface area contributed by atoms with Gasteiger partial charge in [-0.25, -0.2) is 0 Å². The Kier molecular flexibility index (Phi) is 4.58. The van der Waals surface area contributed by atoms with E-state index in [1.165, 1.54) is 5.56 Å². The molecule has 0 saturated carbocycles. The lowest BCUT2D eigenvalue weighted by Crippen LogP contribution is -2.45. The molecule has 1 amide bonds. The number of likely N-dealkylation sites (tertiary alicyclic amines) is 1. The van der Waals surface area contributed by atoms with Crippen molar-refractivity contribution in [2.45, 2.75) is 45.1 Å². The molecule has 5 nitrogen and oxygen atoms in total. The fourth-order valence-electron chi connectivity index (χ4n) is 3.52. The van der Waals surface area contributed by atoms with Crippen molar-refractivity contribution >= 4 is 5.91 Å². The highest BCUT2D eigenvalue weighted by Crippen LogP contribution is 2.28. The second-order valence-corrected chi connectivity index (χ2v) is 6.27. The zero-order valence-corrected chi connectivity index (χ0v) is 12.9. The molecule has 0 radical (unpaired) electrons. The van der Waals surface area contributed by atoms with E-state index in [0.29, 0.717) is 11.8 Å². The lowest BCUT2D eigenvalue weighted by Gasteiger charge is -2.35. The molecule has 3 rings (SSSR count). The quantitative estimate of drug-likeness (QED) is 0.920. The molecule has 1 aromatic heterocycles. The SMILES string of the molecule is CCn1cc(C2CCN(C(=O)C3CCCNC3)CC2)cn1. The summed E-state index contributed by atoms with van der Waals surface area (Å²) in [7, 11) is 0. The second kappa shape index (κ2) is 6.60. The van der Waals surface area contributed by atoms with E-state index in [2.05, 4.69) is 28.4 Å². The maximum Gasteiger partial charge on any atom is 0.226 e. The molecule has 1 atom stereocenters. The molecule has 116 valence electrons. The van der Waals surface area contributed by atoms with Gasteiger partial charge in [-0.05, 0) is 50.6 Å². The number of rotatable bonds is 3. The Bertz CT molecular complexity index is 470. The van der Waals surface area contributed by atoms with Gasteiger partial charge in [-0.2, -0.15) is 5.10 Å². The summed E-state index contributed by atoms with van der Waals surface area (Å²) in [6.07, 6.45) is 8.48. The fourth-order valence-corrected chi connectivity index (χ4v) is 3.52. The highest BCUT2D eigenvalue weighted by atomic mass is 16.2. The van der Waals surface area contributed by atoms with Crippen LogP contribution >= 0.6 is 0 Å². The highest BCUT2D eigenvalue weighted by Gasteiger charge is 2.29. The van der Waals surface area contributed by atoms with E-state index in [-0.39, 0.29) is 5.92 Å². The van der Waals surface area contributed by atoms with Crippen LogP contribution < -0.4 is 5.32 Å². The van der Waals surface area contributed by atoms with Crippen LogP contribution in [0, 0.1) is 5.92 Å². The predicted molar refractivity (Wildman–Crippen MR) is 82.0 cm³/mol. The topological polar surface area (TPSA) is 50.2 Å². The van der Waals surface area contributed by atoms with Crippen LogP contribution in [0.2, 0.25) is 0 Å². The van der Waals surface area contributed by atoms with Gasteiger partial charge in [-0.15, -0.1) is 0 Å². The molecule has 2 fully saturated rings. The summed E-state index contributed by atoms with van der Waals surface area (Å²) < 4.78 is 1.99. The number of carbonyl (C=O) groups excluding carboxylic acids is 1. The van der Waals surface area contributed by atoms with Crippen LogP contribution in [0.1, 0.15) is 44.1 Å². The molecule has 5 heteroatoms. The maximum atomic E-state index is 12.5. The monoisotopic (exact) mass is 290 g/mol. The smallest absolute Gasteiger partial charge is 0.226 e. The van der Waals surface area contributed by atoms with Crippen molar-refractivity contribution in [3.05, 3.63) is 18.0 Å². The van der Waals surface area contributed by atoms with Crippen molar-refractivity contribution in [2.24, 2.45) is 5.92 Å². The van der Waals surface area contributed by atoms with Crippen molar-refractivity contribution in [3.63, 3.8) is 0 Å². The fraction of sp³-hybridized carbons (Fsp3) is 0.750. The minimum absolute atomic E-state index is 0.207. The third-order valence-corrected chi connectivity index (χ3v) is 4.90. The number of aromatic nitrogens is 2. The molecule has 0 bridgehead atoms. The van der Waals surface area contributed by atoms with Crippen molar-refractivity contribution in [1.29, 1.82) is 0 Å². The van der Waals surface area contributed by atoms with Gasteiger partial charge in [0.15, 0.2) is 0 Å². The normalized spacial score (nSPS) is 24.2. The first-order valence-corrected chi connectivity index (χ1v) is 8.29. The van der Waals surface area contributed by atoms with Crippen LogP contribution in [-0.2, 0) is 11.3 Å². The van der Waals surface area contributed by atoms with Gasteiger partial charge in [-0.3, -0.25) is 9.48 Å². The van der Waals surface area contributed by atoms with Crippen LogP contribution in [0.5, 0.6) is 0 Å². The lowest BCUT2D eigenvalue weighted by atomic mass is 9.90. The minimum Gasteiger partial charge on any atom is -0.342 e. The largest absolute Gasteiger partial charge is 0.342 e. The number of hydrogen-bond acceptors (Lipinski definition) is 3. The Morgan fingerprint density at radius 2 is 2.19 bits per heavy atom. The average Bonchev–Trinajstić information content (AvgIpc) is 3.04. The number of piperidine rings is 2. The van der Waals surface area contributed by atoms with Gasteiger partial charge in [0.05, 0.1) is 12.1 Å². The van der Waals surface area contributed by atoms with E-state index >= 15 is 0 Å². The van der Waals surface area contributed by atoms with E-state index in [0.717, 1.165) is 58.4 Å². The molecule has 2 aliphatic heterocycles. The second-order valence-electron chi connectivity index (χ2n) is 6.27. The van der Waals surface area contributed by atoms with Crippen LogP contribution in [0.4, 0.5) is 0 Å². The highest BCUT2D eigenvalue weighted by molar-refractivity contribution is 5.79. The molecule has 21 heavy (non-hydrogen) atoms. The van der Waals surface area contributed by atoms with Crippen LogP contribution in [-0.4, -0.2) is 46.8 Å². The van der Waals surface area contributed by atoms with E-state index in [9.17, 15) is 4.79 Å². The maximum absolute atomic E-state index is 12.5. The van der Waals surface area contributed by atoms with E-state index in [1.807, 2.05) is 10.9 Å². The Morgan fingerprint density at radius 1 is 1.38 bits per heavy atom. The number of aryl methyl sites for hydroxylation is 1. The Hall–Kier alpha value is -1.36. The van der Waals surface area contributed by atoms with Gasteiger partial charge in [0.1, 0.15) is 0 Å². The summed E-state index contributed by atoms with van der Waals surface area (Å²) in [6, 6.07) is 0. The molecular weight excluding hydrogens is 264 g/mol. The van der Waals surface area contributed by atoms with Crippen LogP contribution in [0.3, 0.4) is 0 Å². The first kappa shape index (κ1) is 14.6. The van der Waals surface area contributed by atoms with Crippen LogP contribution in [0.25, 0.3) is 0 Å². The third kappa shape index (κ3) is 3.28. The van der Waals surface area contributed by atoms with Gasteiger partial charge in [0.2, 0.25) is 5.91 Å². The standard InChI is InChI=1S/C16H26N4O/c1-2-20-12-15(11-18-20)13-5-8-19(9-6-13)16(21)14-4-3-7-17-10-14/h11-14,17H,2-10H2,1H3. The average molecular weight is 290 g/mol. The minimum atomic E-state index is 0.207. The zero-order chi connectivity index (χ0) is 14.7. The first-order chi connectivity index (χ1) is 10.3. The Labute approximate surface area is 126 Å². The van der Waals surface area contributed by atoms with E-state index < -0.39 is 0 Å². The van der Waals surface area contributed by atoms with Gasteiger partial charge >= 0.3 is 0 Å². The summed E-state index contributed by atoms with van der Waals surface area (Å²) in [5.41, 5.74) is 1.34. The van der Waals surface area contributed by atoms with Gasteiger partial charge in [0, 0.05) is 32.4 Å². The molecule has 0 spiro atoms. The molecule has 1 unspecified atom stereocenters. The summed E-state index contributed by atoms with van der Waals surface area (Å²) in [5.74, 6) is 1.14. The molecule has 2 aliphatic rings. The van der Waals surface area contributed by atoms with Crippen molar-refractivity contribution in [1.82, 2.24) is 20.0 Å². The van der Waals surface area contributed by atoms with E-state index in [1.54, 1.807) is 0 Å². The molecule has 0 aromatic carbocycles. The Balaban J connectivity index is 1.53. The zero-order valence-electron chi connectivity index (χ0n) is 12.9. The molecule has 2 saturated heterocycles. The van der Waals surface area contributed by atoms with Crippen LogP contribution in [0.15, 0.2) is 12.4 Å². The number of nitrogens with zero attached hydrogens (tertiary/aromatic N) is 3. The van der Waals surface area contributed by atoms with Crippen molar-refractivity contribution < 1.29 is 4.79 Å². The number of carbonyl (C=O) groups is 1. The molecular formula is C16H26N4O. The van der Waals surface area contributed by atoms with E-state index in [4.69, 9.17) is 0 Å². The van der Waals surface area contributed by atoms with Gasteiger partial charge in [0.25, 0.3) is 0 Å². The number of amides is 1. The summed E-state index contributed by atoms with van der Waals surface area (Å²) in [4.78, 5) is 14.6. The number of hydrogen-bond donors (Lipinski definition) is 1. The predicted octanol–water partition coefficient (Wildman–Crippen LogP) is 1.61. The molecule has 1 aromatic rings. The molecule has 1 N–H and O–H groups in total. The lowest BCUT2D eigenvalue weighted by molar-refractivity contribution is -0.137. The third-order valence-electron chi connectivity index (χ3n) is 4.90. The molecule has 0 aliphatic carbocycles. The molecule has 3 heterocycles.